The number of amides is 1. The molecule has 0 spiro atoms. The topological polar surface area (TPSA) is 59.2 Å². The highest BCUT2D eigenvalue weighted by atomic mass is 79.9. The maximum absolute atomic E-state index is 11.9. The summed E-state index contributed by atoms with van der Waals surface area (Å²) in [7, 11) is 0. The summed E-state index contributed by atoms with van der Waals surface area (Å²) in [4.78, 5) is 17.7. The van der Waals surface area contributed by atoms with Crippen LogP contribution in [-0.2, 0) is 4.79 Å². The van der Waals surface area contributed by atoms with Crippen molar-refractivity contribution in [1.29, 1.82) is 0 Å². The summed E-state index contributed by atoms with van der Waals surface area (Å²) in [5.74, 6) is 0.266. The van der Waals surface area contributed by atoms with E-state index < -0.39 is 0 Å². The number of halogens is 2. The van der Waals surface area contributed by atoms with Crippen LogP contribution >= 0.6 is 27.5 Å². The lowest BCUT2D eigenvalue weighted by molar-refractivity contribution is -0.117. The molecule has 1 aromatic heterocycles. The summed E-state index contributed by atoms with van der Waals surface area (Å²) in [6.45, 7) is 3.05. The predicted molar refractivity (Wildman–Crippen MR) is 71.2 cm³/mol. The summed E-state index contributed by atoms with van der Waals surface area (Å²) in [5.41, 5.74) is 7.23. The van der Waals surface area contributed by atoms with Crippen molar-refractivity contribution in [1.82, 2.24) is 4.98 Å². The van der Waals surface area contributed by atoms with Gasteiger partial charge in [0.25, 0.3) is 0 Å². The molecule has 0 saturated carbocycles. The fourth-order valence-electron chi connectivity index (χ4n) is 2.01. The minimum Gasteiger partial charge on any atom is -0.330 e. The third-order valence-corrected chi connectivity index (χ3v) is 4.08. The van der Waals surface area contributed by atoms with Crippen molar-refractivity contribution in [2.24, 2.45) is 11.7 Å². The number of rotatable bonds is 2. The minimum atomic E-state index is 0.0605. The van der Waals surface area contributed by atoms with Gasteiger partial charge in [0.1, 0.15) is 0 Å². The van der Waals surface area contributed by atoms with E-state index in [9.17, 15) is 4.79 Å². The summed E-state index contributed by atoms with van der Waals surface area (Å²) in [5, 5.41) is 0.358. The molecular weight excluding hydrogens is 305 g/mol. The lowest BCUT2D eigenvalue weighted by atomic mass is 10.1. The highest BCUT2D eigenvalue weighted by Crippen LogP contribution is 2.35. The molecule has 2 rings (SSSR count). The van der Waals surface area contributed by atoms with Crippen molar-refractivity contribution in [2.75, 3.05) is 18.0 Å². The van der Waals surface area contributed by atoms with Crippen LogP contribution in [-0.4, -0.2) is 24.0 Å². The SMILES string of the molecule is Cc1c(Br)cnc(Cl)c1N1CC(CN)CC1=O. The van der Waals surface area contributed by atoms with Crippen molar-refractivity contribution in [3.63, 3.8) is 0 Å². The van der Waals surface area contributed by atoms with Crippen LogP contribution in [0, 0.1) is 12.8 Å². The summed E-state index contributed by atoms with van der Waals surface area (Å²) >= 11 is 9.48. The van der Waals surface area contributed by atoms with Crippen LogP contribution in [0.25, 0.3) is 0 Å². The Morgan fingerprint density at radius 3 is 3.00 bits per heavy atom. The van der Waals surface area contributed by atoms with Gasteiger partial charge in [-0.05, 0) is 40.9 Å². The number of aromatic nitrogens is 1. The molecule has 0 aromatic carbocycles. The van der Waals surface area contributed by atoms with Gasteiger partial charge in [0, 0.05) is 23.6 Å². The van der Waals surface area contributed by atoms with E-state index in [0.717, 1.165) is 10.0 Å². The van der Waals surface area contributed by atoms with Crippen LogP contribution in [0.1, 0.15) is 12.0 Å². The smallest absolute Gasteiger partial charge is 0.227 e. The van der Waals surface area contributed by atoms with Crippen LogP contribution in [0.4, 0.5) is 5.69 Å². The molecule has 1 aromatic rings. The molecule has 1 saturated heterocycles. The van der Waals surface area contributed by atoms with Crippen molar-refractivity contribution < 1.29 is 4.79 Å². The second-order valence-corrected chi connectivity index (χ2v) is 5.39. The number of carbonyl (C=O) groups is 1. The average molecular weight is 319 g/mol. The molecule has 1 fully saturated rings. The van der Waals surface area contributed by atoms with Crippen molar-refractivity contribution in [3.8, 4) is 0 Å². The highest BCUT2D eigenvalue weighted by Gasteiger charge is 2.32. The summed E-state index contributed by atoms with van der Waals surface area (Å²) in [6.07, 6.45) is 2.13. The Kier molecular flexibility index (Phi) is 3.70. The molecule has 1 amide bonds. The van der Waals surface area contributed by atoms with Crippen LogP contribution in [0.5, 0.6) is 0 Å². The number of nitrogens with zero attached hydrogens (tertiary/aromatic N) is 2. The van der Waals surface area contributed by atoms with Gasteiger partial charge in [-0.25, -0.2) is 4.98 Å². The monoisotopic (exact) mass is 317 g/mol. The number of hydrogen-bond donors (Lipinski definition) is 1. The highest BCUT2D eigenvalue weighted by molar-refractivity contribution is 9.10. The normalized spacial score (nSPS) is 20.1. The van der Waals surface area contributed by atoms with Gasteiger partial charge in [0.2, 0.25) is 5.91 Å². The zero-order valence-electron chi connectivity index (χ0n) is 9.41. The first-order valence-corrected chi connectivity index (χ1v) is 6.52. The molecule has 1 aliphatic heterocycles. The van der Waals surface area contributed by atoms with E-state index >= 15 is 0 Å². The molecule has 1 atom stereocenters. The molecule has 17 heavy (non-hydrogen) atoms. The zero-order valence-corrected chi connectivity index (χ0v) is 11.8. The van der Waals surface area contributed by atoms with E-state index in [0.29, 0.717) is 30.4 Å². The lowest BCUT2D eigenvalue weighted by Gasteiger charge is -2.20. The first-order valence-electron chi connectivity index (χ1n) is 5.35. The molecule has 6 heteroatoms. The van der Waals surface area contributed by atoms with Gasteiger partial charge in [-0.1, -0.05) is 11.6 Å². The molecule has 1 aliphatic rings. The Morgan fingerprint density at radius 1 is 1.71 bits per heavy atom. The molecule has 0 aliphatic carbocycles. The standard InChI is InChI=1S/C11H13BrClN3O/c1-6-8(12)4-15-11(13)10(6)16-5-7(3-14)2-9(16)17/h4,7H,2-3,5,14H2,1H3. The summed E-state index contributed by atoms with van der Waals surface area (Å²) < 4.78 is 0.848. The van der Waals surface area contributed by atoms with Gasteiger partial charge < -0.3 is 10.6 Å². The lowest BCUT2D eigenvalue weighted by Crippen LogP contribution is -2.27. The Bertz CT molecular complexity index is 466. The summed E-state index contributed by atoms with van der Waals surface area (Å²) in [6, 6.07) is 0. The van der Waals surface area contributed by atoms with E-state index in [2.05, 4.69) is 20.9 Å². The minimum absolute atomic E-state index is 0.0605. The molecule has 2 heterocycles. The molecule has 92 valence electrons. The zero-order chi connectivity index (χ0) is 12.6. The van der Waals surface area contributed by atoms with Crippen LogP contribution < -0.4 is 10.6 Å². The molecule has 2 N–H and O–H groups in total. The van der Waals surface area contributed by atoms with E-state index in [-0.39, 0.29) is 11.8 Å². The quantitative estimate of drug-likeness (QED) is 0.850. The van der Waals surface area contributed by atoms with Gasteiger partial charge in [-0.15, -0.1) is 0 Å². The number of anilines is 1. The fourth-order valence-corrected chi connectivity index (χ4v) is 2.59. The van der Waals surface area contributed by atoms with Crippen LogP contribution in [0.2, 0.25) is 5.15 Å². The first-order chi connectivity index (χ1) is 8.04. The van der Waals surface area contributed by atoms with Gasteiger partial charge in [0.05, 0.1) is 5.69 Å². The van der Waals surface area contributed by atoms with Crippen LogP contribution in [0.3, 0.4) is 0 Å². The van der Waals surface area contributed by atoms with Gasteiger partial charge in [-0.2, -0.15) is 0 Å². The van der Waals surface area contributed by atoms with Gasteiger partial charge in [-0.3, -0.25) is 4.79 Å². The maximum atomic E-state index is 11.9. The van der Waals surface area contributed by atoms with Gasteiger partial charge in [0.15, 0.2) is 5.15 Å². The second kappa shape index (κ2) is 4.92. The van der Waals surface area contributed by atoms with Crippen molar-refractivity contribution in [2.45, 2.75) is 13.3 Å². The average Bonchev–Trinajstić information content (AvgIpc) is 2.66. The van der Waals surface area contributed by atoms with Gasteiger partial charge >= 0.3 is 0 Å². The van der Waals surface area contributed by atoms with Crippen molar-refractivity contribution >= 4 is 39.1 Å². The molecule has 0 bridgehead atoms. The van der Waals surface area contributed by atoms with E-state index in [4.69, 9.17) is 17.3 Å². The third kappa shape index (κ3) is 2.32. The second-order valence-electron chi connectivity index (χ2n) is 4.18. The molecule has 0 radical (unpaired) electrons. The molecular formula is C11H13BrClN3O. The third-order valence-electron chi connectivity index (χ3n) is 3.01. The first kappa shape index (κ1) is 12.8. The Labute approximate surface area is 113 Å². The maximum Gasteiger partial charge on any atom is 0.227 e. The number of pyridine rings is 1. The van der Waals surface area contributed by atoms with E-state index in [1.165, 1.54) is 0 Å². The predicted octanol–water partition coefficient (Wildman–Crippen LogP) is 2.12. The van der Waals surface area contributed by atoms with E-state index in [1.807, 2.05) is 6.92 Å². The number of carbonyl (C=O) groups excluding carboxylic acids is 1. The van der Waals surface area contributed by atoms with E-state index in [1.54, 1.807) is 11.1 Å². The molecule has 4 nitrogen and oxygen atoms in total. The Morgan fingerprint density at radius 2 is 2.41 bits per heavy atom. The Hall–Kier alpha value is -0.650. The van der Waals surface area contributed by atoms with Crippen molar-refractivity contribution in [3.05, 3.63) is 21.4 Å². The number of hydrogen-bond acceptors (Lipinski definition) is 3. The molecule has 1 unspecified atom stereocenters. The fraction of sp³-hybridized carbons (Fsp3) is 0.455. The largest absolute Gasteiger partial charge is 0.330 e. The number of nitrogens with two attached hydrogens (primary N) is 1. The Balaban J connectivity index is 2.41. The van der Waals surface area contributed by atoms with Crippen LogP contribution in [0.15, 0.2) is 10.7 Å².